The molecule has 26 heavy (non-hydrogen) atoms. The second-order valence-corrected chi connectivity index (χ2v) is 6.55. The van der Waals surface area contributed by atoms with Crippen LogP contribution in [0.4, 0.5) is 5.69 Å². The van der Waals surface area contributed by atoms with Gasteiger partial charge in [0.2, 0.25) is 0 Å². The van der Waals surface area contributed by atoms with Crippen LogP contribution in [0.25, 0.3) is 11.3 Å². The molecule has 2 N–H and O–H groups in total. The van der Waals surface area contributed by atoms with Crippen LogP contribution in [-0.4, -0.2) is 29.8 Å². The number of methoxy groups -OCH3 is 1. The Morgan fingerprint density at radius 3 is 2.85 bits per heavy atom. The van der Waals surface area contributed by atoms with Crippen LogP contribution in [0.1, 0.15) is 27.7 Å². The summed E-state index contributed by atoms with van der Waals surface area (Å²) >= 11 is 0. The Balaban J connectivity index is 1.58. The summed E-state index contributed by atoms with van der Waals surface area (Å²) in [7, 11) is 1.65. The van der Waals surface area contributed by atoms with E-state index in [1.54, 1.807) is 7.11 Å². The first kappa shape index (κ1) is 15.0. The minimum atomic E-state index is -0.227. The highest BCUT2D eigenvalue weighted by Gasteiger charge is 2.38. The molecule has 1 unspecified atom stereocenters. The van der Waals surface area contributed by atoms with Crippen LogP contribution < -0.4 is 15.0 Å². The monoisotopic (exact) mass is 346 g/mol. The van der Waals surface area contributed by atoms with Gasteiger partial charge in [-0.1, -0.05) is 12.1 Å². The largest absolute Gasteiger partial charge is 0.497 e. The zero-order chi connectivity index (χ0) is 17.7. The van der Waals surface area contributed by atoms with Crippen molar-refractivity contribution in [2.45, 2.75) is 12.6 Å². The van der Waals surface area contributed by atoms with Gasteiger partial charge in [0.15, 0.2) is 0 Å². The smallest absolute Gasteiger partial charge is 0.255 e. The first-order valence-electron chi connectivity index (χ1n) is 8.64. The Morgan fingerprint density at radius 1 is 1.19 bits per heavy atom. The first-order chi connectivity index (χ1) is 12.8. The normalized spacial score (nSPS) is 17.8. The number of aromatic nitrogens is 2. The van der Waals surface area contributed by atoms with E-state index in [1.165, 1.54) is 5.56 Å². The van der Waals surface area contributed by atoms with Crippen LogP contribution in [0.2, 0.25) is 0 Å². The summed E-state index contributed by atoms with van der Waals surface area (Å²) in [6.07, 6.45) is 2.59. The average molecular weight is 346 g/mol. The first-order valence-corrected chi connectivity index (χ1v) is 8.64. The SMILES string of the molecule is COc1ccc(-c2n[nH]cc2C2NC(=O)c3cccc4c3N2CC4)cc1. The number of benzene rings is 2. The summed E-state index contributed by atoms with van der Waals surface area (Å²) in [5, 5.41) is 10.5. The van der Waals surface area contributed by atoms with Gasteiger partial charge in [0.05, 0.1) is 24.1 Å². The number of amides is 1. The van der Waals surface area contributed by atoms with E-state index < -0.39 is 0 Å². The third-order valence-corrected chi connectivity index (χ3v) is 5.18. The van der Waals surface area contributed by atoms with Crippen molar-refractivity contribution in [1.29, 1.82) is 0 Å². The Bertz CT molecular complexity index is 993. The van der Waals surface area contributed by atoms with Gasteiger partial charge >= 0.3 is 0 Å². The van der Waals surface area contributed by atoms with Crippen molar-refractivity contribution in [3.8, 4) is 17.0 Å². The molecule has 1 atom stereocenters. The second kappa shape index (κ2) is 5.62. The molecule has 2 aliphatic heterocycles. The second-order valence-electron chi connectivity index (χ2n) is 6.55. The number of nitrogens with one attached hydrogen (secondary N) is 2. The lowest BCUT2D eigenvalue weighted by molar-refractivity contribution is 0.0928. The van der Waals surface area contributed by atoms with E-state index in [-0.39, 0.29) is 12.1 Å². The number of rotatable bonds is 3. The molecule has 0 spiro atoms. The molecule has 5 rings (SSSR count). The fraction of sp³-hybridized carbons (Fsp3) is 0.200. The molecule has 6 nitrogen and oxygen atoms in total. The molecule has 3 aromatic rings. The number of anilines is 1. The van der Waals surface area contributed by atoms with Gasteiger partial charge in [-0.2, -0.15) is 5.10 Å². The van der Waals surface area contributed by atoms with Crippen molar-refractivity contribution in [3.05, 3.63) is 65.4 Å². The maximum atomic E-state index is 12.7. The fourth-order valence-corrected chi connectivity index (χ4v) is 3.94. The van der Waals surface area contributed by atoms with Gasteiger partial charge in [0.25, 0.3) is 5.91 Å². The minimum Gasteiger partial charge on any atom is -0.497 e. The molecule has 0 aliphatic carbocycles. The molecule has 130 valence electrons. The number of aromatic amines is 1. The molecular formula is C20H18N4O2. The molecule has 1 amide bonds. The third-order valence-electron chi connectivity index (χ3n) is 5.18. The standard InChI is InChI=1S/C20H18N4O2/c1-26-14-7-5-12(6-8-14)17-16(11-21-23-17)19-22-20(25)15-4-2-3-13-9-10-24(19)18(13)15/h2-8,11,19H,9-10H2,1H3,(H,21,23)(H,22,25). The van der Waals surface area contributed by atoms with Crippen molar-refractivity contribution in [3.63, 3.8) is 0 Å². The third kappa shape index (κ3) is 2.12. The summed E-state index contributed by atoms with van der Waals surface area (Å²) in [5.41, 5.74) is 5.83. The number of nitrogens with zero attached hydrogens (tertiary/aromatic N) is 2. The van der Waals surface area contributed by atoms with Crippen molar-refractivity contribution >= 4 is 11.6 Å². The summed E-state index contributed by atoms with van der Waals surface area (Å²) in [6.45, 7) is 0.879. The summed E-state index contributed by atoms with van der Waals surface area (Å²) in [6, 6.07) is 13.7. The Hall–Kier alpha value is -3.28. The molecule has 2 aromatic carbocycles. The van der Waals surface area contributed by atoms with Gasteiger partial charge in [-0.15, -0.1) is 0 Å². The van der Waals surface area contributed by atoms with Crippen LogP contribution >= 0.6 is 0 Å². The highest BCUT2D eigenvalue weighted by atomic mass is 16.5. The number of carbonyl (C=O) groups is 1. The zero-order valence-electron chi connectivity index (χ0n) is 14.3. The number of hydrogen-bond acceptors (Lipinski definition) is 4. The van der Waals surface area contributed by atoms with E-state index in [1.807, 2.05) is 42.6 Å². The molecule has 0 fully saturated rings. The molecule has 2 aliphatic rings. The highest BCUT2D eigenvalue weighted by Crippen LogP contribution is 2.41. The predicted molar refractivity (Wildman–Crippen MR) is 98.3 cm³/mol. The van der Waals surface area contributed by atoms with Crippen LogP contribution in [-0.2, 0) is 6.42 Å². The molecule has 0 saturated carbocycles. The summed E-state index contributed by atoms with van der Waals surface area (Å²) in [4.78, 5) is 14.9. The topological polar surface area (TPSA) is 70.2 Å². The number of hydrogen-bond donors (Lipinski definition) is 2. The fourth-order valence-electron chi connectivity index (χ4n) is 3.94. The van der Waals surface area contributed by atoms with Gasteiger partial charge in [-0.25, -0.2) is 0 Å². The predicted octanol–water partition coefficient (Wildman–Crippen LogP) is 2.89. The summed E-state index contributed by atoms with van der Waals surface area (Å²) < 4.78 is 5.23. The van der Waals surface area contributed by atoms with Crippen molar-refractivity contribution in [1.82, 2.24) is 15.5 Å². The van der Waals surface area contributed by atoms with Crippen molar-refractivity contribution in [2.75, 3.05) is 18.6 Å². The van der Waals surface area contributed by atoms with Crippen LogP contribution in [0.15, 0.2) is 48.7 Å². The van der Waals surface area contributed by atoms with Gasteiger partial charge in [0, 0.05) is 23.9 Å². The van der Waals surface area contributed by atoms with Crippen LogP contribution in [0, 0.1) is 0 Å². The number of para-hydroxylation sites is 1. The Kier molecular flexibility index (Phi) is 3.25. The highest BCUT2D eigenvalue weighted by molar-refractivity contribution is 6.03. The molecular weight excluding hydrogens is 328 g/mol. The van der Waals surface area contributed by atoms with E-state index in [0.29, 0.717) is 0 Å². The summed E-state index contributed by atoms with van der Waals surface area (Å²) in [5.74, 6) is 0.766. The molecule has 0 bridgehead atoms. The van der Waals surface area contributed by atoms with E-state index >= 15 is 0 Å². The maximum Gasteiger partial charge on any atom is 0.255 e. The number of H-pyrrole nitrogens is 1. The van der Waals surface area contributed by atoms with E-state index in [9.17, 15) is 4.79 Å². The van der Waals surface area contributed by atoms with Crippen molar-refractivity contribution < 1.29 is 9.53 Å². The molecule has 1 aromatic heterocycles. The molecule has 0 radical (unpaired) electrons. The van der Waals surface area contributed by atoms with Crippen LogP contribution in [0.5, 0.6) is 5.75 Å². The number of ether oxygens (including phenoxy) is 1. The maximum absolute atomic E-state index is 12.7. The number of carbonyl (C=O) groups excluding carboxylic acids is 1. The van der Waals surface area contributed by atoms with Gasteiger partial charge < -0.3 is 15.0 Å². The van der Waals surface area contributed by atoms with E-state index in [4.69, 9.17) is 4.74 Å². The lowest BCUT2D eigenvalue weighted by Crippen LogP contribution is -2.45. The molecule has 0 saturated heterocycles. The van der Waals surface area contributed by atoms with Gasteiger partial charge in [0.1, 0.15) is 11.9 Å². The average Bonchev–Trinajstić information content (AvgIpc) is 3.33. The van der Waals surface area contributed by atoms with E-state index in [0.717, 1.165) is 46.8 Å². The lowest BCUT2D eigenvalue weighted by atomic mass is 10.0. The lowest BCUT2D eigenvalue weighted by Gasteiger charge is -2.36. The van der Waals surface area contributed by atoms with Gasteiger partial charge in [-0.05, 0) is 42.3 Å². The Morgan fingerprint density at radius 2 is 2.04 bits per heavy atom. The minimum absolute atomic E-state index is 0.0353. The quantitative estimate of drug-likeness (QED) is 0.765. The van der Waals surface area contributed by atoms with Gasteiger partial charge in [-0.3, -0.25) is 9.89 Å². The Labute approximate surface area is 150 Å². The molecule has 3 heterocycles. The van der Waals surface area contributed by atoms with E-state index in [2.05, 4.69) is 26.5 Å². The molecule has 6 heteroatoms. The van der Waals surface area contributed by atoms with Crippen LogP contribution in [0.3, 0.4) is 0 Å². The zero-order valence-corrected chi connectivity index (χ0v) is 14.3. The van der Waals surface area contributed by atoms with Crippen molar-refractivity contribution in [2.24, 2.45) is 0 Å².